The van der Waals surface area contributed by atoms with Crippen molar-refractivity contribution in [3.8, 4) is 17.2 Å². The van der Waals surface area contributed by atoms with Gasteiger partial charge in [-0.1, -0.05) is 12.1 Å². The molecule has 0 fully saturated rings. The molecule has 0 bridgehead atoms. The molecule has 2 heterocycles. The molecule has 0 spiro atoms. The highest BCUT2D eigenvalue weighted by Crippen LogP contribution is 2.26. The number of hydrogen-bond acceptors (Lipinski definition) is 5. The van der Waals surface area contributed by atoms with Gasteiger partial charge in [-0.25, -0.2) is 9.78 Å². The molecule has 1 N–H and O–H groups in total. The van der Waals surface area contributed by atoms with Gasteiger partial charge < -0.3 is 9.15 Å². The summed E-state index contributed by atoms with van der Waals surface area (Å²) in [6, 6.07) is 7.35. The monoisotopic (exact) mass is 283 g/mol. The summed E-state index contributed by atoms with van der Waals surface area (Å²) in [5.41, 5.74) is 3.18. The molecule has 2 aromatic heterocycles. The molecule has 6 heteroatoms. The second-order valence-corrected chi connectivity index (χ2v) is 4.63. The fraction of sp³-hybridized carbons (Fsp3) is 0.133. The number of carbonyl (C=O) groups is 1. The van der Waals surface area contributed by atoms with Crippen molar-refractivity contribution in [2.45, 2.75) is 13.8 Å². The molecule has 0 saturated carbocycles. The minimum absolute atomic E-state index is 0.126. The zero-order valence-corrected chi connectivity index (χ0v) is 11.6. The number of oxazole rings is 1. The summed E-state index contributed by atoms with van der Waals surface area (Å²) in [7, 11) is 0. The van der Waals surface area contributed by atoms with Crippen LogP contribution in [0.4, 0.5) is 0 Å². The number of aryl methyl sites for hydroxylation is 2. The highest BCUT2D eigenvalue weighted by molar-refractivity contribution is 5.94. The normalized spacial score (nSPS) is 10.6. The molecular weight excluding hydrogens is 270 g/mol. The van der Waals surface area contributed by atoms with Gasteiger partial charge in [0, 0.05) is 17.8 Å². The van der Waals surface area contributed by atoms with Crippen LogP contribution in [0, 0.1) is 13.8 Å². The SMILES string of the molecule is Cc1ccc(-c2ocnc2C(=O)Oc2cc[nH]n2)cc1C. The summed E-state index contributed by atoms with van der Waals surface area (Å²) in [5.74, 6) is -0.0308. The Morgan fingerprint density at radius 3 is 2.81 bits per heavy atom. The topological polar surface area (TPSA) is 81.0 Å². The number of hydrogen-bond donors (Lipinski definition) is 1. The van der Waals surface area contributed by atoms with E-state index in [1.165, 1.54) is 12.0 Å². The lowest BCUT2D eigenvalue weighted by molar-refractivity contribution is 0.0722. The molecule has 0 amide bonds. The minimum Gasteiger partial charge on any atom is -0.443 e. The number of H-pyrrole nitrogens is 1. The van der Waals surface area contributed by atoms with E-state index in [-0.39, 0.29) is 11.6 Å². The molecule has 0 aliphatic heterocycles. The lowest BCUT2D eigenvalue weighted by Gasteiger charge is -2.04. The van der Waals surface area contributed by atoms with Crippen molar-refractivity contribution in [1.29, 1.82) is 0 Å². The van der Waals surface area contributed by atoms with Gasteiger partial charge in [0.1, 0.15) is 0 Å². The second kappa shape index (κ2) is 5.24. The first-order valence-corrected chi connectivity index (χ1v) is 6.38. The molecule has 0 atom stereocenters. The first-order chi connectivity index (χ1) is 10.1. The zero-order chi connectivity index (χ0) is 14.8. The summed E-state index contributed by atoms with van der Waals surface area (Å²) in [6.45, 7) is 4.02. The third kappa shape index (κ3) is 2.55. The summed E-state index contributed by atoms with van der Waals surface area (Å²) in [6.07, 6.45) is 2.79. The first kappa shape index (κ1) is 13.1. The molecule has 3 rings (SSSR count). The summed E-state index contributed by atoms with van der Waals surface area (Å²) < 4.78 is 10.5. The summed E-state index contributed by atoms with van der Waals surface area (Å²) in [5, 5.41) is 6.34. The molecule has 6 nitrogen and oxygen atoms in total. The van der Waals surface area contributed by atoms with Gasteiger partial charge >= 0.3 is 5.97 Å². The number of benzene rings is 1. The van der Waals surface area contributed by atoms with Gasteiger partial charge in [0.05, 0.1) is 0 Å². The number of carbonyl (C=O) groups excluding carboxylic acids is 1. The number of ether oxygens (including phenoxy) is 1. The zero-order valence-electron chi connectivity index (χ0n) is 11.6. The van der Waals surface area contributed by atoms with E-state index in [2.05, 4.69) is 15.2 Å². The van der Waals surface area contributed by atoms with Crippen molar-refractivity contribution in [1.82, 2.24) is 15.2 Å². The van der Waals surface area contributed by atoms with Gasteiger partial charge in [-0.3, -0.25) is 5.10 Å². The van der Waals surface area contributed by atoms with Gasteiger partial charge in [-0.2, -0.15) is 0 Å². The van der Waals surface area contributed by atoms with E-state index in [0.29, 0.717) is 5.76 Å². The van der Waals surface area contributed by atoms with E-state index in [9.17, 15) is 4.79 Å². The Morgan fingerprint density at radius 1 is 1.24 bits per heavy atom. The van der Waals surface area contributed by atoms with E-state index in [1.807, 2.05) is 32.0 Å². The molecule has 0 aliphatic carbocycles. The third-order valence-electron chi connectivity index (χ3n) is 3.20. The molecule has 0 unspecified atom stereocenters. The molecule has 106 valence electrons. The number of nitrogens with zero attached hydrogens (tertiary/aromatic N) is 2. The Labute approximate surface area is 120 Å². The maximum atomic E-state index is 12.1. The van der Waals surface area contributed by atoms with Crippen molar-refractivity contribution in [3.63, 3.8) is 0 Å². The number of aromatic nitrogens is 3. The Hall–Kier alpha value is -2.89. The Morgan fingerprint density at radius 2 is 2.10 bits per heavy atom. The first-order valence-electron chi connectivity index (χ1n) is 6.38. The van der Waals surface area contributed by atoms with Gasteiger partial charge in [0.2, 0.25) is 5.88 Å². The molecular formula is C15H13N3O3. The minimum atomic E-state index is -0.607. The average molecular weight is 283 g/mol. The molecule has 0 saturated heterocycles. The average Bonchev–Trinajstić information content (AvgIpc) is 3.12. The van der Waals surface area contributed by atoms with Crippen LogP contribution in [0.15, 0.2) is 41.3 Å². The largest absolute Gasteiger partial charge is 0.443 e. The summed E-state index contributed by atoms with van der Waals surface area (Å²) >= 11 is 0. The highest BCUT2D eigenvalue weighted by Gasteiger charge is 2.21. The third-order valence-corrected chi connectivity index (χ3v) is 3.20. The van der Waals surface area contributed by atoms with Crippen LogP contribution in [0.2, 0.25) is 0 Å². The Kier molecular flexibility index (Phi) is 3.27. The fourth-order valence-corrected chi connectivity index (χ4v) is 1.93. The number of aromatic amines is 1. The van der Waals surface area contributed by atoms with E-state index in [0.717, 1.165) is 11.1 Å². The standard InChI is InChI=1S/C15H13N3O3/c1-9-3-4-11(7-10(9)2)14-13(16-8-20-14)15(19)21-12-5-6-17-18-12/h3-8H,1-2H3,(H,17,18). The smallest absolute Gasteiger partial charge is 0.367 e. The quantitative estimate of drug-likeness (QED) is 0.747. The Bertz CT molecular complexity index is 775. The molecule has 0 aliphatic rings. The van der Waals surface area contributed by atoms with Crippen molar-refractivity contribution < 1.29 is 13.9 Å². The van der Waals surface area contributed by atoms with Crippen LogP contribution < -0.4 is 4.74 Å². The van der Waals surface area contributed by atoms with Crippen LogP contribution in [-0.4, -0.2) is 21.2 Å². The lowest BCUT2D eigenvalue weighted by atomic mass is 10.0. The van der Waals surface area contributed by atoms with E-state index < -0.39 is 5.97 Å². The van der Waals surface area contributed by atoms with Crippen LogP contribution in [0.5, 0.6) is 5.88 Å². The number of esters is 1. The fourth-order valence-electron chi connectivity index (χ4n) is 1.93. The van der Waals surface area contributed by atoms with E-state index in [1.54, 1.807) is 12.3 Å². The number of nitrogens with one attached hydrogen (secondary N) is 1. The predicted octanol–water partition coefficient (Wildman–Crippen LogP) is 2.90. The van der Waals surface area contributed by atoms with Crippen LogP contribution in [0.3, 0.4) is 0 Å². The van der Waals surface area contributed by atoms with Gasteiger partial charge in [-0.05, 0) is 31.0 Å². The van der Waals surface area contributed by atoms with E-state index >= 15 is 0 Å². The highest BCUT2D eigenvalue weighted by atomic mass is 16.5. The maximum absolute atomic E-state index is 12.1. The van der Waals surface area contributed by atoms with Crippen molar-refractivity contribution in [3.05, 3.63) is 53.7 Å². The molecule has 0 radical (unpaired) electrons. The van der Waals surface area contributed by atoms with Gasteiger partial charge in [0.15, 0.2) is 17.8 Å². The Balaban J connectivity index is 1.93. The maximum Gasteiger partial charge on any atom is 0.367 e. The van der Waals surface area contributed by atoms with Gasteiger partial charge in [-0.15, -0.1) is 5.10 Å². The molecule has 3 aromatic rings. The second-order valence-electron chi connectivity index (χ2n) is 4.63. The van der Waals surface area contributed by atoms with E-state index in [4.69, 9.17) is 9.15 Å². The van der Waals surface area contributed by atoms with Crippen LogP contribution in [-0.2, 0) is 0 Å². The van der Waals surface area contributed by atoms with Crippen molar-refractivity contribution in [2.75, 3.05) is 0 Å². The molecule has 1 aromatic carbocycles. The van der Waals surface area contributed by atoms with Crippen LogP contribution in [0.25, 0.3) is 11.3 Å². The van der Waals surface area contributed by atoms with Crippen LogP contribution >= 0.6 is 0 Å². The van der Waals surface area contributed by atoms with Crippen molar-refractivity contribution >= 4 is 5.97 Å². The number of rotatable bonds is 3. The van der Waals surface area contributed by atoms with Crippen LogP contribution in [0.1, 0.15) is 21.6 Å². The molecule has 21 heavy (non-hydrogen) atoms. The predicted molar refractivity (Wildman–Crippen MR) is 75.0 cm³/mol. The van der Waals surface area contributed by atoms with Gasteiger partial charge in [0.25, 0.3) is 0 Å². The lowest BCUT2D eigenvalue weighted by Crippen LogP contribution is -2.10. The summed E-state index contributed by atoms with van der Waals surface area (Å²) in [4.78, 5) is 16.1. The van der Waals surface area contributed by atoms with Crippen molar-refractivity contribution in [2.24, 2.45) is 0 Å².